The largest absolute Gasteiger partial charge is 0.342 e. The van der Waals surface area contributed by atoms with Crippen LogP contribution in [0.5, 0.6) is 0 Å². The molecule has 1 amide bonds. The van der Waals surface area contributed by atoms with Crippen LogP contribution in [0.4, 0.5) is 0 Å². The van der Waals surface area contributed by atoms with Crippen molar-refractivity contribution in [1.29, 1.82) is 0 Å². The molecule has 0 aromatic carbocycles. The van der Waals surface area contributed by atoms with Crippen molar-refractivity contribution >= 4 is 17.5 Å². The minimum atomic E-state index is 0.319. The molecule has 0 spiro atoms. The zero-order valence-corrected chi connectivity index (χ0v) is 12.1. The number of nitrogens with zero attached hydrogens (tertiary/aromatic N) is 1. The van der Waals surface area contributed by atoms with Gasteiger partial charge in [0.1, 0.15) is 0 Å². The Morgan fingerprint density at radius 1 is 1.06 bits per heavy atom. The maximum atomic E-state index is 12.5. The van der Waals surface area contributed by atoms with Crippen LogP contribution in [-0.2, 0) is 4.79 Å². The van der Waals surface area contributed by atoms with E-state index in [1.165, 1.54) is 32.1 Å². The van der Waals surface area contributed by atoms with Gasteiger partial charge in [-0.15, -0.1) is 11.6 Å². The van der Waals surface area contributed by atoms with Crippen molar-refractivity contribution in [3.8, 4) is 0 Å². The van der Waals surface area contributed by atoms with Crippen LogP contribution in [0.1, 0.15) is 57.8 Å². The van der Waals surface area contributed by atoms with Crippen LogP contribution in [-0.4, -0.2) is 29.8 Å². The molecule has 1 unspecified atom stereocenters. The van der Waals surface area contributed by atoms with E-state index in [9.17, 15) is 4.79 Å². The molecule has 0 aromatic heterocycles. The predicted molar refractivity (Wildman–Crippen MR) is 75.8 cm³/mol. The minimum Gasteiger partial charge on any atom is -0.342 e. The highest BCUT2D eigenvalue weighted by Gasteiger charge is 2.30. The van der Waals surface area contributed by atoms with Gasteiger partial charge in [-0.3, -0.25) is 4.79 Å². The van der Waals surface area contributed by atoms with Gasteiger partial charge in [-0.1, -0.05) is 32.1 Å². The molecule has 18 heavy (non-hydrogen) atoms. The van der Waals surface area contributed by atoms with Crippen LogP contribution in [0.15, 0.2) is 0 Å². The van der Waals surface area contributed by atoms with Gasteiger partial charge in [-0.25, -0.2) is 0 Å². The monoisotopic (exact) mass is 271 g/mol. The normalized spacial score (nSPS) is 26.9. The molecule has 1 saturated heterocycles. The van der Waals surface area contributed by atoms with Crippen molar-refractivity contribution in [1.82, 2.24) is 4.90 Å². The summed E-state index contributed by atoms with van der Waals surface area (Å²) < 4.78 is 0. The Balaban J connectivity index is 1.82. The first-order valence-corrected chi connectivity index (χ1v) is 8.19. The maximum absolute atomic E-state index is 12.5. The minimum absolute atomic E-state index is 0.319. The van der Waals surface area contributed by atoms with E-state index in [4.69, 9.17) is 11.6 Å². The molecule has 3 heteroatoms. The van der Waals surface area contributed by atoms with Crippen molar-refractivity contribution in [2.24, 2.45) is 11.8 Å². The van der Waals surface area contributed by atoms with Crippen molar-refractivity contribution in [2.75, 3.05) is 19.0 Å². The Kier molecular flexibility index (Phi) is 5.81. The number of carbonyl (C=O) groups excluding carboxylic acids is 1. The fourth-order valence-corrected chi connectivity index (χ4v) is 3.69. The lowest BCUT2D eigenvalue weighted by Gasteiger charge is -2.25. The average molecular weight is 272 g/mol. The number of halogens is 1. The summed E-state index contributed by atoms with van der Waals surface area (Å²) in [7, 11) is 0. The number of likely N-dealkylation sites (tertiary alicyclic amines) is 1. The average Bonchev–Trinajstić information content (AvgIpc) is 2.77. The van der Waals surface area contributed by atoms with Crippen molar-refractivity contribution < 1.29 is 4.79 Å². The van der Waals surface area contributed by atoms with Crippen molar-refractivity contribution in [2.45, 2.75) is 57.8 Å². The Labute approximate surface area is 116 Å². The van der Waals surface area contributed by atoms with Crippen molar-refractivity contribution in [3.63, 3.8) is 0 Å². The highest BCUT2D eigenvalue weighted by atomic mass is 35.5. The quantitative estimate of drug-likeness (QED) is 0.715. The van der Waals surface area contributed by atoms with Gasteiger partial charge in [-0.2, -0.15) is 0 Å². The summed E-state index contributed by atoms with van der Waals surface area (Å²) in [6.45, 7) is 1.93. The first-order chi connectivity index (χ1) is 8.81. The standard InChI is InChI=1S/C15H26ClNO/c16-10-8-13-9-11-17(12-13)15(18)14-6-4-2-1-3-5-7-14/h13-14H,1-12H2. The molecular weight excluding hydrogens is 246 g/mol. The summed E-state index contributed by atoms with van der Waals surface area (Å²) in [4.78, 5) is 14.6. The first kappa shape index (κ1) is 14.2. The number of alkyl halides is 1. The van der Waals surface area contributed by atoms with Gasteiger partial charge >= 0.3 is 0 Å². The van der Waals surface area contributed by atoms with Crippen LogP contribution in [0.25, 0.3) is 0 Å². The summed E-state index contributed by atoms with van der Waals surface area (Å²) in [6, 6.07) is 0. The Hall–Kier alpha value is -0.240. The molecule has 0 bridgehead atoms. The van der Waals surface area contributed by atoms with Crippen LogP contribution < -0.4 is 0 Å². The lowest BCUT2D eigenvalue weighted by Crippen LogP contribution is -2.34. The van der Waals surface area contributed by atoms with E-state index in [2.05, 4.69) is 4.90 Å². The first-order valence-electron chi connectivity index (χ1n) is 7.66. The Bertz CT molecular complexity index is 261. The third kappa shape index (κ3) is 3.88. The topological polar surface area (TPSA) is 20.3 Å². The molecule has 0 N–H and O–H groups in total. The lowest BCUT2D eigenvalue weighted by atomic mass is 9.90. The van der Waals surface area contributed by atoms with E-state index in [0.29, 0.717) is 17.7 Å². The molecule has 1 atom stereocenters. The molecule has 1 aliphatic heterocycles. The van der Waals surface area contributed by atoms with Gasteiger partial charge in [0.2, 0.25) is 5.91 Å². The number of hydrogen-bond donors (Lipinski definition) is 0. The number of carbonyl (C=O) groups is 1. The van der Waals surface area contributed by atoms with E-state index in [-0.39, 0.29) is 0 Å². The lowest BCUT2D eigenvalue weighted by molar-refractivity contribution is -0.135. The Morgan fingerprint density at radius 2 is 1.72 bits per heavy atom. The summed E-state index contributed by atoms with van der Waals surface area (Å²) >= 11 is 5.79. The fourth-order valence-electron chi connectivity index (χ4n) is 3.38. The molecule has 2 fully saturated rings. The van der Waals surface area contributed by atoms with Crippen LogP contribution in [0.3, 0.4) is 0 Å². The van der Waals surface area contributed by atoms with Gasteiger partial charge in [0, 0.05) is 24.9 Å². The number of amides is 1. The zero-order chi connectivity index (χ0) is 12.8. The second-order valence-electron chi connectivity index (χ2n) is 5.96. The SMILES string of the molecule is O=C(C1CCCCCCC1)N1CCC(CCCl)C1. The molecule has 104 valence electrons. The second-order valence-corrected chi connectivity index (χ2v) is 6.34. The highest BCUT2D eigenvalue weighted by Crippen LogP contribution is 2.27. The van der Waals surface area contributed by atoms with Crippen molar-refractivity contribution in [3.05, 3.63) is 0 Å². The smallest absolute Gasteiger partial charge is 0.225 e. The van der Waals surface area contributed by atoms with E-state index >= 15 is 0 Å². The second kappa shape index (κ2) is 7.37. The van der Waals surface area contributed by atoms with Crippen LogP contribution >= 0.6 is 11.6 Å². The molecular formula is C15H26ClNO. The maximum Gasteiger partial charge on any atom is 0.225 e. The number of hydrogen-bond acceptors (Lipinski definition) is 1. The van der Waals surface area contributed by atoms with Gasteiger partial charge in [0.05, 0.1) is 0 Å². The van der Waals surface area contributed by atoms with E-state index in [0.717, 1.165) is 44.7 Å². The Morgan fingerprint density at radius 3 is 2.39 bits per heavy atom. The fraction of sp³-hybridized carbons (Fsp3) is 0.933. The van der Waals surface area contributed by atoms with E-state index < -0.39 is 0 Å². The third-order valence-electron chi connectivity index (χ3n) is 4.57. The van der Waals surface area contributed by atoms with Crippen LogP contribution in [0, 0.1) is 11.8 Å². The molecule has 1 aliphatic carbocycles. The molecule has 1 heterocycles. The molecule has 1 saturated carbocycles. The molecule has 2 nitrogen and oxygen atoms in total. The summed E-state index contributed by atoms with van der Waals surface area (Å²) in [5.74, 6) is 2.14. The highest BCUT2D eigenvalue weighted by molar-refractivity contribution is 6.17. The molecule has 2 aliphatic rings. The van der Waals surface area contributed by atoms with E-state index in [1.54, 1.807) is 0 Å². The van der Waals surface area contributed by atoms with Gasteiger partial charge in [0.15, 0.2) is 0 Å². The molecule has 0 aromatic rings. The van der Waals surface area contributed by atoms with Crippen LogP contribution in [0.2, 0.25) is 0 Å². The van der Waals surface area contributed by atoms with Gasteiger partial charge in [0.25, 0.3) is 0 Å². The van der Waals surface area contributed by atoms with Gasteiger partial charge < -0.3 is 4.90 Å². The molecule has 0 radical (unpaired) electrons. The molecule has 2 rings (SSSR count). The third-order valence-corrected chi connectivity index (χ3v) is 4.79. The van der Waals surface area contributed by atoms with E-state index in [1.807, 2.05) is 0 Å². The summed E-state index contributed by atoms with van der Waals surface area (Å²) in [5, 5.41) is 0. The predicted octanol–water partition coefficient (Wildman–Crippen LogP) is 3.82. The van der Waals surface area contributed by atoms with Gasteiger partial charge in [-0.05, 0) is 31.6 Å². The number of rotatable bonds is 3. The summed E-state index contributed by atoms with van der Waals surface area (Å²) in [5.41, 5.74) is 0. The summed E-state index contributed by atoms with van der Waals surface area (Å²) in [6.07, 6.45) is 11.0. The zero-order valence-electron chi connectivity index (χ0n) is 11.4.